The van der Waals surface area contributed by atoms with E-state index in [4.69, 9.17) is 4.74 Å². The van der Waals surface area contributed by atoms with E-state index in [0.29, 0.717) is 11.3 Å². The number of ether oxygens (including phenoxy) is 1. The van der Waals surface area contributed by atoms with Gasteiger partial charge in [0.15, 0.2) is 0 Å². The summed E-state index contributed by atoms with van der Waals surface area (Å²) in [5.74, 6) is -1.48. The van der Waals surface area contributed by atoms with Gasteiger partial charge in [0, 0.05) is 17.9 Å². The average molecular weight is 508 g/mol. The van der Waals surface area contributed by atoms with Crippen molar-refractivity contribution in [3.63, 3.8) is 0 Å². The van der Waals surface area contributed by atoms with Crippen LogP contribution >= 0.6 is 11.3 Å². The zero-order chi connectivity index (χ0) is 26.2. The molecule has 0 fully saturated rings. The first kappa shape index (κ1) is 26.6. The van der Waals surface area contributed by atoms with Gasteiger partial charge >= 0.3 is 5.97 Å². The minimum Gasteiger partial charge on any atom is -0.506 e. The summed E-state index contributed by atoms with van der Waals surface area (Å²) in [6.07, 6.45) is 3.31. The fraction of sp³-hybridized carbons (Fsp3) is 0.259. The highest BCUT2D eigenvalue weighted by atomic mass is 32.1. The molecule has 0 aliphatic heterocycles. The number of carbonyl (C=O) groups is 3. The van der Waals surface area contributed by atoms with Crippen molar-refractivity contribution in [2.24, 2.45) is 5.10 Å². The molecule has 1 heterocycles. The van der Waals surface area contributed by atoms with Gasteiger partial charge in [-0.25, -0.2) is 10.2 Å². The predicted molar refractivity (Wildman–Crippen MR) is 142 cm³/mol. The van der Waals surface area contributed by atoms with Crippen LogP contribution in [0.25, 0.3) is 10.4 Å². The number of rotatable bonds is 9. The van der Waals surface area contributed by atoms with Crippen LogP contribution in [-0.2, 0) is 16.0 Å². The van der Waals surface area contributed by atoms with E-state index in [-0.39, 0.29) is 22.6 Å². The van der Waals surface area contributed by atoms with Gasteiger partial charge in [0.05, 0.1) is 34.5 Å². The molecule has 188 valence electrons. The lowest BCUT2D eigenvalue weighted by Gasteiger charge is -2.10. The minimum atomic E-state index is -0.640. The highest BCUT2D eigenvalue weighted by molar-refractivity contribution is 7.14. The van der Waals surface area contributed by atoms with E-state index in [2.05, 4.69) is 34.9 Å². The summed E-state index contributed by atoms with van der Waals surface area (Å²) in [7, 11) is 1.23. The summed E-state index contributed by atoms with van der Waals surface area (Å²) in [6.45, 7) is 5.14. The Kier molecular flexibility index (Phi) is 8.97. The van der Waals surface area contributed by atoms with E-state index in [1.54, 1.807) is 12.3 Å². The van der Waals surface area contributed by atoms with Crippen LogP contribution in [-0.4, -0.2) is 35.7 Å². The summed E-state index contributed by atoms with van der Waals surface area (Å²) in [6, 6.07) is 12.4. The van der Waals surface area contributed by atoms with Crippen molar-refractivity contribution in [2.45, 2.75) is 40.0 Å². The number of methoxy groups -OCH3 is 1. The van der Waals surface area contributed by atoms with Crippen molar-refractivity contribution in [1.82, 2.24) is 5.43 Å². The summed E-state index contributed by atoms with van der Waals surface area (Å²) >= 11 is 1.40. The van der Waals surface area contributed by atoms with Crippen LogP contribution in [0.3, 0.4) is 0 Å². The van der Waals surface area contributed by atoms with Gasteiger partial charge in [-0.2, -0.15) is 5.10 Å². The molecule has 8 nitrogen and oxygen atoms in total. The molecule has 0 aliphatic carbocycles. The molecule has 9 heteroatoms. The molecule has 0 unspecified atom stereocenters. The molecule has 3 rings (SSSR count). The fourth-order valence-electron chi connectivity index (χ4n) is 3.54. The molecule has 0 atom stereocenters. The molecule has 0 saturated heterocycles. The van der Waals surface area contributed by atoms with Gasteiger partial charge in [-0.05, 0) is 49.1 Å². The van der Waals surface area contributed by atoms with Crippen molar-refractivity contribution in [3.05, 3.63) is 70.1 Å². The molecule has 3 aromatic rings. The summed E-state index contributed by atoms with van der Waals surface area (Å²) < 4.78 is 4.72. The quantitative estimate of drug-likeness (QED) is 0.205. The standard InChI is InChI=1S/C27H29N3O5S/c1-5-6-7-18-8-10-19(11-9-18)25-24(32)22(15-36-25)16(2)29-30-26(33)20-12-13-21(27(34)35-4)23(14-20)28-17(3)31/h8-15,32H,5-7H2,1-4H3,(H,28,31)(H,30,33). The Hall–Kier alpha value is -3.98. The monoisotopic (exact) mass is 507 g/mol. The summed E-state index contributed by atoms with van der Waals surface area (Å²) in [4.78, 5) is 36.9. The SMILES string of the molecule is CCCCc1ccc(-c2scc(C(C)=NNC(=O)c3ccc(C(=O)OC)c(NC(C)=O)c3)c2O)cc1. The first-order valence-corrected chi connectivity index (χ1v) is 12.4. The van der Waals surface area contributed by atoms with Gasteiger partial charge in [-0.3, -0.25) is 9.59 Å². The Bertz CT molecular complexity index is 1300. The molecule has 0 spiro atoms. The number of nitrogens with zero attached hydrogens (tertiary/aromatic N) is 1. The lowest BCUT2D eigenvalue weighted by molar-refractivity contribution is -0.114. The second kappa shape index (κ2) is 12.1. The zero-order valence-corrected chi connectivity index (χ0v) is 21.5. The van der Waals surface area contributed by atoms with Crippen LogP contribution in [0, 0.1) is 0 Å². The number of esters is 1. The van der Waals surface area contributed by atoms with E-state index in [0.717, 1.165) is 29.7 Å². The van der Waals surface area contributed by atoms with Crippen LogP contribution in [0.5, 0.6) is 5.75 Å². The highest BCUT2D eigenvalue weighted by Gasteiger charge is 2.17. The van der Waals surface area contributed by atoms with E-state index < -0.39 is 17.8 Å². The number of hydrogen-bond acceptors (Lipinski definition) is 7. The van der Waals surface area contributed by atoms with Crippen LogP contribution < -0.4 is 10.7 Å². The fourth-order valence-corrected chi connectivity index (χ4v) is 4.55. The van der Waals surface area contributed by atoms with Crippen molar-refractivity contribution in [3.8, 4) is 16.2 Å². The van der Waals surface area contributed by atoms with Crippen LogP contribution in [0.2, 0.25) is 0 Å². The third-order valence-electron chi connectivity index (χ3n) is 5.51. The maximum atomic E-state index is 12.7. The Morgan fingerprint density at radius 3 is 2.42 bits per heavy atom. The van der Waals surface area contributed by atoms with E-state index in [1.807, 2.05) is 12.1 Å². The molecule has 2 amide bonds. The predicted octanol–water partition coefficient (Wildman–Crippen LogP) is 5.36. The number of carbonyl (C=O) groups excluding carboxylic acids is 3. The normalized spacial score (nSPS) is 11.2. The third kappa shape index (κ3) is 6.37. The van der Waals surface area contributed by atoms with E-state index in [1.165, 1.54) is 49.1 Å². The van der Waals surface area contributed by atoms with Crippen LogP contribution in [0.15, 0.2) is 52.9 Å². The van der Waals surface area contributed by atoms with Gasteiger partial charge in [-0.1, -0.05) is 37.6 Å². The molecule has 0 radical (unpaired) electrons. The molecular weight excluding hydrogens is 478 g/mol. The number of aromatic hydroxyl groups is 1. The smallest absolute Gasteiger partial charge is 0.339 e. The van der Waals surface area contributed by atoms with E-state index >= 15 is 0 Å². The number of unbranched alkanes of at least 4 members (excludes halogenated alkanes) is 1. The summed E-state index contributed by atoms with van der Waals surface area (Å²) in [5.41, 5.74) is 6.04. The molecule has 36 heavy (non-hydrogen) atoms. The summed E-state index contributed by atoms with van der Waals surface area (Å²) in [5, 5.41) is 19.3. The van der Waals surface area contributed by atoms with Crippen LogP contribution in [0.4, 0.5) is 5.69 Å². The molecule has 3 N–H and O–H groups in total. The van der Waals surface area contributed by atoms with Crippen LogP contribution in [0.1, 0.15) is 65.5 Å². The Morgan fingerprint density at radius 2 is 1.78 bits per heavy atom. The topological polar surface area (TPSA) is 117 Å². The molecular formula is C27H29N3O5S. The average Bonchev–Trinajstić information content (AvgIpc) is 3.26. The minimum absolute atomic E-state index is 0.104. The Labute approximate surface area is 214 Å². The lowest BCUT2D eigenvalue weighted by Crippen LogP contribution is -2.20. The number of amides is 2. The number of anilines is 1. The molecule has 1 aromatic heterocycles. The zero-order valence-electron chi connectivity index (χ0n) is 20.7. The van der Waals surface area contributed by atoms with Crippen molar-refractivity contribution < 1.29 is 24.2 Å². The number of thiophene rings is 1. The maximum absolute atomic E-state index is 12.7. The number of hydrogen-bond donors (Lipinski definition) is 3. The largest absolute Gasteiger partial charge is 0.506 e. The first-order chi connectivity index (χ1) is 17.2. The second-order valence-electron chi connectivity index (χ2n) is 8.20. The van der Waals surface area contributed by atoms with Gasteiger partial charge in [0.1, 0.15) is 5.75 Å². The van der Waals surface area contributed by atoms with Gasteiger partial charge in [0.25, 0.3) is 5.91 Å². The molecule has 0 bridgehead atoms. The third-order valence-corrected chi connectivity index (χ3v) is 6.53. The van der Waals surface area contributed by atoms with E-state index in [9.17, 15) is 19.5 Å². The molecule has 0 saturated carbocycles. The van der Waals surface area contributed by atoms with Gasteiger partial charge in [-0.15, -0.1) is 11.3 Å². The first-order valence-electron chi connectivity index (χ1n) is 11.5. The number of hydrazone groups is 1. The lowest BCUT2D eigenvalue weighted by atomic mass is 10.0. The number of aryl methyl sites for hydroxylation is 1. The Balaban J connectivity index is 1.76. The molecule has 0 aliphatic rings. The van der Waals surface area contributed by atoms with Crippen molar-refractivity contribution >= 4 is 40.5 Å². The highest BCUT2D eigenvalue weighted by Crippen LogP contribution is 2.38. The number of benzene rings is 2. The maximum Gasteiger partial charge on any atom is 0.339 e. The van der Waals surface area contributed by atoms with Crippen molar-refractivity contribution in [2.75, 3.05) is 12.4 Å². The molecule has 2 aromatic carbocycles. The number of nitrogens with one attached hydrogen (secondary N) is 2. The van der Waals surface area contributed by atoms with Gasteiger partial charge in [0.2, 0.25) is 5.91 Å². The van der Waals surface area contributed by atoms with Gasteiger partial charge < -0.3 is 15.2 Å². The second-order valence-corrected chi connectivity index (χ2v) is 9.08. The van der Waals surface area contributed by atoms with Crippen molar-refractivity contribution in [1.29, 1.82) is 0 Å². The Morgan fingerprint density at radius 1 is 1.06 bits per heavy atom.